The second-order valence-corrected chi connectivity index (χ2v) is 6.62. The first-order chi connectivity index (χ1) is 10.9. The highest BCUT2D eigenvalue weighted by atomic mass is 32.2. The number of benzene rings is 1. The van der Waals surface area contributed by atoms with Gasteiger partial charge in [0.2, 0.25) is 0 Å². The quantitative estimate of drug-likeness (QED) is 0.444. The van der Waals surface area contributed by atoms with Crippen LogP contribution in [0, 0.1) is 6.92 Å². The summed E-state index contributed by atoms with van der Waals surface area (Å²) in [6.45, 7) is 3.92. The lowest BCUT2D eigenvalue weighted by atomic mass is 9.74. The fourth-order valence-electron chi connectivity index (χ4n) is 1.84. The van der Waals surface area contributed by atoms with Gasteiger partial charge in [-0.3, -0.25) is 0 Å². The van der Waals surface area contributed by atoms with E-state index in [1.165, 1.54) is 12.1 Å². The van der Waals surface area contributed by atoms with Crippen LogP contribution in [0.1, 0.15) is 5.56 Å². The third-order valence-electron chi connectivity index (χ3n) is 3.16. The second kappa shape index (κ2) is 7.58. The van der Waals surface area contributed by atoms with Crippen LogP contribution in [0.5, 0.6) is 0 Å². The molecule has 1 aromatic carbocycles. The summed E-state index contributed by atoms with van der Waals surface area (Å²) in [4.78, 5) is 4.27. The molecule has 0 aliphatic carbocycles. The van der Waals surface area contributed by atoms with Crippen LogP contribution in [-0.2, 0) is 14.3 Å². The maximum Gasteiger partial charge on any atom is 0.298 e. The van der Waals surface area contributed by atoms with E-state index in [0.29, 0.717) is 5.82 Å². The maximum absolute atomic E-state index is 12.1. The van der Waals surface area contributed by atoms with Gasteiger partial charge in [0, 0.05) is 6.20 Å². The topological polar surface area (TPSA) is 94.3 Å². The van der Waals surface area contributed by atoms with Gasteiger partial charge in [-0.1, -0.05) is 36.0 Å². The number of hydrogen-bond donors (Lipinski definition) is 2. The zero-order valence-electron chi connectivity index (χ0n) is 13.1. The Balaban J connectivity index is 1.92. The van der Waals surface area contributed by atoms with Crippen LogP contribution in [0.3, 0.4) is 0 Å². The summed E-state index contributed by atoms with van der Waals surface area (Å²) >= 11 is 0. The minimum absolute atomic E-state index is 0.0829. The Bertz CT molecular complexity index is 734. The monoisotopic (exact) mass is 332 g/mol. The predicted molar refractivity (Wildman–Crippen MR) is 91.4 cm³/mol. The van der Waals surface area contributed by atoms with Gasteiger partial charge in [0.25, 0.3) is 10.1 Å². The third-order valence-corrected chi connectivity index (χ3v) is 4.51. The lowest BCUT2D eigenvalue weighted by molar-refractivity contribution is 0.229. The van der Waals surface area contributed by atoms with E-state index < -0.39 is 16.3 Å². The summed E-state index contributed by atoms with van der Waals surface area (Å²) in [5.41, 5.74) is 7.70. The van der Waals surface area contributed by atoms with Gasteiger partial charge < -0.3 is 11.1 Å². The van der Waals surface area contributed by atoms with Gasteiger partial charge in [0.1, 0.15) is 19.3 Å². The lowest BCUT2D eigenvalue weighted by Crippen LogP contribution is -2.34. The molecule has 0 saturated heterocycles. The summed E-state index contributed by atoms with van der Waals surface area (Å²) in [5, 5.41) is 2.94. The molecule has 1 radical (unpaired) electrons. The van der Waals surface area contributed by atoms with Gasteiger partial charge in [-0.2, -0.15) is 8.42 Å². The first-order valence-electron chi connectivity index (χ1n) is 7.15. The molecule has 0 saturated carbocycles. The normalized spacial score (nSPS) is 12.7. The van der Waals surface area contributed by atoms with E-state index in [0.717, 1.165) is 11.0 Å². The fraction of sp³-hybridized carbons (Fsp3) is 0.267. The van der Waals surface area contributed by atoms with E-state index in [9.17, 15) is 8.42 Å². The van der Waals surface area contributed by atoms with Gasteiger partial charge in [-0.15, -0.1) is 0 Å². The molecule has 0 amide bonds. The summed E-state index contributed by atoms with van der Waals surface area (Å²) in [6.07, 6.45) is 0.693. The van der Waals surface area contributed by atoms with Crippen molar-refractivity contribution in [2.45, 2.75) is 24.9 Å². The first-order valence-corrected chi connectivity index (χ1v) is 8.56. The molecule has 3 N–H and O–H groups in total. The Hall–Kier alpha value is -1.90. The molecule has 1 atom stereocenters. The maximum atomic E-state index is 12.1. The number of pyridine rings is 1. The predicted octanol–water partition coefficient (Wildman–Crippen LogP) is 0.870. The Labute approximate surface area is 137 Å². The smallest absolute Gasteiger partial charge is 0.298 e. The van der Waals surface area contributed by atoms with Gasteiger partial charge in [-0.25, -0.2) is 9.17 Å². The van der Waals surface area contributed by atoms with E-state index in [-0.39, 0.29) is 11.4 Å². The highest BCUT2D eigenvalue weighted by Crippen LogP contribution is 2.14. The van der Waals surface area contributed by atoms with Crippen molar-refractivity contribution < 1.29 is 12.6 Å². The summed E-state index contributed by atoms with van der Waals surface area (Å²) < 4.78 is 29.2. The highest BCUT2D eigenvalue weighted by Gasteiger charge is 2.19. The molecule has 0 aliphatic heterocycles. The number of aromatic nitrogens is 1. The number of aryl methyl sites for hydroxylation is 1. The lowest BCUT2D eigenvalue weighted by Gasteiger charge is -2.14. The molecule has 0 bridgehead atoms. The molecule has 2 aromatic rings. The number of anilines is 1. The molecule has 0 aliphatic rings. The van der Waals surface area contributed by atoms with Crippen molar-refractivity contribution in [2.75, 3.05) is 11.9 Å². The number of hydrogen-bond acceptors (Lipinski definition) is 6. The third kappa shape index (κ3) is 5.06. The van der Waals surface area contributed by atoms with E-state index in [1.54, 1.807) is 24.4 Å². The Kier molecular flexibility index (Phi) is 5.76. The largest absolute Gasteiger partial charge is 0.366 e. The molecule has 1 aromatic heterocycles. The van der Waals surface area contributed by atoms with Crippen LogP contribution in [0.25, 0.3) is 0 Å². The molecule has 1 heterocycles. The second-order valence-electron chi connectivity index (χ2n) is 5.05. The minimum atomic E-state index is -3.88. The van der Waals surface area contributed by atoms with Crippen LogP contribution < -0.4 is 16.5 Å². The Morgan fingerprint density at radius 3 is 2.52 bits per heavy atom. The van der Waals surface area contributed by atoms with Crippen LogP contribution in [0.4, 0.5) is 5.82 Å². The molecule has 23 heavy (non-hydrogen) atoms. The molecule has 8 heteroatoms. The molecular formula is C15H19BN3O3S. The fourth-order valence-corrected chi connectivity index (χ4v) is 2.82. The summed E-state index contributed by atoms with van der Waals surface area (Å²) in [6, 6.07) is 10.1. The minimum Gasteiger partial charge on any atom is -0.366 e. The zero-order valence-corrected chi connectivity index (χ0v) is 13.9. The van der Waals surface area contributed by atoms with Gasteiger partial charge >= 0.3 is 0 Å². The molecule has 2 rings (SSSR count). The van der Waals surface area contributed by atoms with Crippen molar-refractivity contribution in [3.8, 4) is 0 Å². The number of nitrogens with zero attached hydrogens (tertiary/aromatic N) is 1. The van der Waals surface area contributed by atoms with Crippen LogP contribution in [0.2, 0.25) is 6.82 Å². The molecule has 6 nitrogen and oxygen atoms in total. The van der Waals surface area contributed by atoms with Gasteiger partial charge in [-0.05, 0) is 25.1 Å². The van der Waals surface area contributed by atoms with E-state index in [2.05, 4.69) is 10.3 Å². The number of nitrogens with one attached hydrogen (secondary N) is 1. The number of rotatable bonds is 7. The average Bonchev–Trinajstić information content (AvgIpc) is 2.53. The van der Waals surface area contributed by atoms with Crippen molar-refractivity contribution in [1.29, 1.82) is 0 Å². The summed E-state index contributed by atoms with van der Waals surface area (Å²) in [7, 11) is -1.95. The van der Waals surface area contributed by atoms with Gasteiger partial charge in [0.05, 0.1) is 11.4 Å². The molecule has 1 unspecified atom stereocenters. The first kappa shape index (κ1) is 17.5. The van der Waals surface area contributed by atoms with Crippen molar-refractivity contribution >= 4 is 28.7 Å². The Morgan fingerprint density at radius 1 is 1.26 bits per heavy atom. The zero-order chi connectivity index (χ0) is 16.9. The van der Waals surface area contributed by atoms with Gasteiger partial charge in [0.15, 0.2) is 0 Å². The highest BCUT2D eigenvalue weighted by molar-refractivity contribution is 7.86. The number of nitrogens with two attached hydrogens (primary N) is 1. The van der Waals surface area contributed by atoms with E-state index in [1.807, 2.05) is 27.1 Å². The average molecular weight is 332 g/mol. The van der Waals surface area contributed by atoms with Crippen LogP contribution in [-0.4, -0.2) is 33.5 Å². The van der Waals surface area contributed by atoms with E-state index >= 15 is 0 Å². The summed E-state index contributed by atoms with van der Waals surface area (Å²) in [5.74, 6) is 0.599. The van der Waals surface area contributed by atoms with Crippen molar-refractivity contribution in [3.63, 3.8) is 0 Å². The van der Waals surface area contributed by atoms with Crippen molar-refractivity contribution in [2.24, 2.45) is 5.73 Å². The molecule has 0 fully saturated rings. The van der Waals surface area contributed by atoms with Crippen molar-refractivity contribution in [1.82, 2.24) is 4.98 Å². The molecule has 121 valence electrons. The molecular weight excluding hydrogens is 313 g/mol. The molecule has 0 spiro atoms. The van der Waals surface area contributed by atoms with Crippen molar-refractivity contribution in [3.05, 3.63) is 48.2 Å². The van der Waals surface area contributed by atoms with E-state index in [4.69, 9.17) is 9.92 Å². The van der Waals surface area contributed by atoms with Crippen LogP contribution >= 0.6 is 0 Å². The van der Waals surface area contributed by atoms with Crippen LogP contribution in [0.15, 0.2) is 47.5 Å². The SMILES string of the molecule is C[B]c1ccc(NCC(N)OS(=O)(=O)c2ccc(C)cc2)nc1. The standard InChI is InChI=1S/C15H19BN3O3S/c1-11-3-6-13(7-4-11)23(20,21)22-14(17)10-19-15-8-5-12(16-2)9-18-15/h3-9,14H,10,17H2,1-2H3,(H,18,19). The Morgan fingerprint density at radius 2 is 1.96 bits per heavy atom.